The standard InChI is InChI=1S/C27H30N6O/c1-18-11-13-23(14-12-18)33-20(3)24-19(2)29-30-26(25(24)31-33)32-15-7-10-22(17-32)27(34)28-16-21-8-5-4-6-9-21/h4-6,8-9,11-14,22H,7,10,15-17H2,1-3H3,(H,28,34)/t22-/m0/s1. The van der Waals surface area contributed by atoms with E-state index in [1.165, 1.54) is 5.56 Å². The van der Waals surface area contributed by atoms with Gasteiger partial charge in [0.15, 0.2) is 5.82 Å². The van der Waals surface area contributed by atoms with Gasteiger partial charge in [-0.2, -0.15) is 10.2 Å². The second kappa shape index (κ2) is 9.25. The number of nitrogens with one attached hydrogen (secondary N) is 1. The molecule has 34 heavy (non-hydrogen) atoms. The molecular formula is C27H30N6O. The van der Waals surface area contributed by atoms with Gasteiger partial charge in [-0.25, -0.2) is 4.68 Å². The zero-order valence-corrected chi connectivity index (χ0v) is 20.0. The monoisotopic (exact) mass is 454 g/mol. The third-order valence-electron chi connectivity index (χ3n) is 6.66. The predicted molar refractivity (Wildman–Crippen MR) is 134 cm³/mol. The van der Waals surface area contributed by atoms with E-state index >= 15 is 0 Å². The number of piperidine rings is 1. The van der Waals surface area contributed by atoms with Gasteiger partial charge in [0.05, 0.1) is 28.4 Å². The fraction of sp³-hybridized carbons (Fsp3) is 0.333. The molecule has 0 unspecified atom stereocenters. The summed E-state index contributed by atoms with van der Waals surface area (Å²) in [5, 5.41) is 18.1. The lowest BCUT2D eigenvalue weighted by atomic mass is 9.97. The molecule has 0 radical (unpaired) electrons. The summed E-state index contributed by atoms with van der Waals surface area (Å²) in [5.74, 6) is 0.761. The highest BCUT2D eigenvalue weighted by Crippen LogP contribution is 2.31. The van der Waals surface area contributed by atoms with Gasteiger partial charge in [-0.05, 0) is 51.3 Å². The van der Waals surface area contributed by atoms with Crippen LogP contribution in [0.2, 0.25) is 0 Å². The van der Waals surface area contributed by atoms with E-state index in [4.69, 9.17) is 5.10 Å². The molecule has 1 atom stereocenters. The second-order valence-electron chi connectivity index (χ2n) is 9.15. The minimum Gasteiger partial charge on any atom is -0.352 e. The molecule has 2 aromatic heterocycles. The van der Waals surface area contributed by atoms with Gasteiger partial charge in [0.2, 0.25) is 5.91 Å². The van der Waals surface area contributed by atoms with E-state index in [0.717, 1.165) is 58.7 Å². The Morgan fingerprint density at radius 2 is 1.79 bits per heavy atom. The van der Waals surface area contributed by atoms with Gasteiger partial charge in [-0.15, -0.1) is 5.10 Å². The van der Waals surface area contributed by atoms with Crippen molar-refractivity contribution in [1.82, 2.24) is 25.3 Å². The van der Waals surface area contributed by atoms with Crippen molar-refractivity contribution >= 4 is 22.6 Å². The maximum absolute atomic E-state index is 12.9. The Morgan fingerprint density at radius 1 is 1.03 bits per heavy atom. The highest BCUT2D eigenvalue weighted by atomic mass is 16.1. The largest absolute Gasteiger partial charge is 0.352 e. The molecular weight excluding hydrogens is 424 g/mol. The van der Waals surface area contributed by atoms with Crippen molar-refractivity contribution in [2.75, 3.05) is 18.0 Å². The lowest BCUT2D eigenvalue weighted by Gasteiger charge is -2.32. The number of aromatic nitrogens is 4. The SMILES string of the molecule is Cc1ccc(-n2nc3c(N4CCC[C@H](C(=O)NCc5ccccc5)C4)nnc(C)c3c2C)cc1. The van der Waals surface area contributed by atoms with Crippen LogP contribution >= 0.6 is 0 Å². The van der Waals surface area contributed by atoms with Gasteiger partial charge in [0, 0.05) is 19.6 Å². The summed E-state index contributed by atoms with van der Waals surface area (Å²) in [6, 6.07) is 18.4. The summed E-state index contributed by atoms with van der Waals surface area (Å²) >= 11 is 0. The summed E-state index contributed by atoms with van der Waals surface area (Å²) in [6.07, 6.45) is 1.80. The number of rotatable bonds is 5. The van der Waals surface area contributed by atoms with Crippen molar-refractivity contribution < 1.29 is 4.79 Å². The van der Waals surface area contributed by atoms with Crippen LogP contribution in [0, 0.1) is 26.7 Å². The van der Waals surface area contributed by atoms with E-state index in [9.17, 15) is 4.79 Å². The van der Waals surface area contributed by atoms with E-state index in [1.807, 2.05) is 41.9 Å². The van der Waals surface area contributed by atoms with Crippen molar-refractivity contribution in [2.24, 2.45) is 5.92 Å². The Morgan fingerprint density at radius 3 is 2.56 bits per heavy atom. The molecule has 1 amide bonds. The molecule has 1 saturated heterocycles. The van der Waals surface area contributed by atoms with Gasteiger partial charge < -0.3 is 10.2 Å². The lowest BCUT2D eigenvalue weighted by molar-refractivity contribution is -0.125. The van der Waals surface area contributed by atoms with Crippen molar-refractivity contribution in [1.29, 1.82) is 0 Å². The van der Waals surface area contributed by atoms with Gasteiger partial charge in [-0.3, -0.25) is 4.79 Å². The topological polar surface area (TPSA) is 75.9 Å². The fourth-order valence-electron chi connectivity index (χ4n) is 4.77. The summed E-state index contributed by atoms with van der Waals surface area (Å²) < 4.78 is 1.97. The molecule has 0 spiro atoms. The molecule has 2 aromatic carbocycles. The lowest BCUT2D eigenvalue weighted by Crippen LogP contribution is -2.43. The Bertz CT molecular complexity index is 1310. The normalized spacial score (nSPS) is 16.1. The number of aryl methyl sites for hydroxylation is 3. The molecule has 7 heteroatoms. The quantitative estimate of drug-likeness (QED) is 0.487. The Hall–Kier alpha value is -3.74. The maximum atomic E-state index is 12.9. The number of amides is 1. The molecule has 1 fully saturated rings. The number of hydrogen-bond donors (Lipinski definition) is 1. The van der Waals surface area contributed by atoms with E-state index in [2.05, 4.69) is 58.5 Å². The molecule has 174 valence electrons. The molecule has 7 nitrogen and oxygen atoms in total. The molecule has 3 heterocycles. The minimum absolute atomic E-state index is 0.0871. The number of nitrogens with zero attached hydrogens (tertiary/aromatic N) is 5. The number of anilines is 1. The third-order valence-corrected chi connectivity index (χ3v) is 6.66. The summed E-state index contributed by atoms with van der Waals surface area (Å²) in [4.78, 5) is 15.1. The molecule has 4 aromatic rings. The van der Waals surface area contributed by atoms with Crippen LogP contribution in [0.3, 0.4) is 0 Å². The van der Waals surface area contributed by atoms with Crippen molar-refractivity contribution in [3.8, 4) is 5.69 Å². The Kier molecular flexibility index (Phi) is 6.01. The van der Waals surface area contributed by atoms with Crippen LogP contribution in [0.25, 0.3) is 16.6 Å². The molecule has 5 rings (SSSR count). The van der Waals surface area contributed by atoms with Gasteiger partial charge in [0.25, 0.3) is 0 Å². The van der Waals surface area contributed by atoms with E-state index in [0.29, 0.717) is 13.1 Å². The maximum Gasteiger partial charge on any atom is 0.225 e. The van der Waals surface area contributed by atoms with Crippen LogP contribution in [0.5, 0.6) is 0 Å². The third kappa shape index (κ3) is 4.25. The van der Waals surface area contributed by atoms with Crippen LogP contribution in [-0.2, 0) is 11.3 Å². The zero-order valence-electron chi connectivity index (χ0n) is 20.0. The first-order valence-corrected chi connectivity index (χ1v) is 11.9. The summed E-state index contributed by atoms with van der Waals surface area (Å²) in [6.45, 7) is 8.13. The average Bonchev–Trinajstić information content (AvgIpc) is 3.22. The first kappa shape index (κ1) is 22.1. The van der Waals surface area contributed by atoms with Crippen LogP contribution in [0.1, 0.15) is 35.4 Å². The molecule has 1 N–H and O–H groups in total. The van der Waals surface area contributed by atoms with Crippen molar-refractivity contribution in [2.45, 2.75) is 40.2 Å². The zero-order chi connectivity index (χ0) is 23.7. The average molecular weight is 455 g/mol. The van der Waals surface area contributed by atoms with Crippen LogP contribution in [0.15, 0.2) is 54.6 Å². The number of benzene rings is 2. The Balaban J connectivity index is 1.41. The Labute approximate surface area is 199 Å². The summed E-state index contributed by atoms with van der Waals surface area (Å²) in [7, 11) is 0. The highest BCUT2D eigenvalue weighted by molar-refractivity contribution is 5.92. The molecule has 0 saturated carbocycles. The molecule has 0 aliphatic carbocycles. The molecule has 0 bridgehead atoms. The van der Waals surface area contributed by atoms with Gasteiger partial charge in [-0.1, -0.05) is 48.0 Å². The second-order valence-corrected chi connectivity index (χ2v) is 9.15. The van der Waals surface area contributed by atoms with Crippen molar-refractivity contribution in [3.05, 3.63) is 77.1 Å². The van der Waals surface area contributed by atoms with E-state index < -0.39 is 0 Å². The van der Waals surface area contributed by atoms with Crippen LogP contribution in [0.4, 0.5) is 5.82 Å². The van der Waals surface area contributed by atoms with Crippen LogP contribution in [-0.4, -0.2) is 39.0 Å². The summed E-state index contributed by atoms with van der Waals surface area (Å²) in [5.41, 5.74) is 6.08. The molecule has 1 aliphatic heterocycles. The predicted octanol–water partition coefficient (Wildman–Crippen LogP) is 4.27. The van der Waals surface area contributed by atoms with Gasteiger partial charge in [0.1, 0.15) is 5.52 Å². The van der Waals surface area contributed by atoms with Crippen molar-refractivity contribution in [3.63, 3.8) is 0 Å². The number of fused-ring (bicyclic) bond motifs is 1. The van der Waals surface area contributed by atoms with Crippen LogP contribution < -0.4 is 10.2 Å². The highest BCUT2D eigenvalue weighted by Gasteiger charge is 2.29. The minimum atomic E-state index is -0.0871. The first-order chi connectivity index (χ1) is 16.5. The fourth-order valence-corrected chi connectivity index (χ4v) is 4.77. The molecule has 1 aliphatic rings. The van der Waals surface area contributed by atoms with Gasteiger partial charge >= 0.3 is 0 Å². The number of carbonyl (C=O) groups excluding carboxylic acids is 1. The number of carbonyl (C=O) groups is 1. The van der Waals surface area contributed by atoms with E-state index in [1.54, 1.807) is 0 Å². The van der Waals surface area contributed by atoms with E-state index in [-0.39, 0.29) is 11.8 Å². The smallest absolute Gasteiger partial charge is 0.225 e. The first-order valence-electron chi connectivity index (χ1n) is 11.9. The number of hydrogen-bond acceptors (Lipinski definition) is 5.